The Morgan fingerprint density at radius 2 is 2.03 bits per heavy atom. The molecule has 1 amide bonds. The third kappa shape index (κ3) is 6.27. The van der Waals surface area contributed by atoms with Crippen molar-refractivity contribution in [3.8, 4) is 6.07 Å². The number of hydrogen-bond acceptors (Lipinski definition) is 7. The summed E-state index contributed by atoms with van der Waals surface area (Å²) in [5.74, 6) is 0.00537. The molecule has 2 aromatic rings. The fourth-order valence-electron chi connectivity index (χ4n) is 3.10. The topological polar surface area (TPSA) is 164 Å². The molecule has 9 heteroatoms. The highest BCUT2D eigenvalue weighted by Crippen LogP contribution is 2.20. The number of primary amides is 1. The summed E-state index contributed by atoms with van der Waals surface area (Å²) in [6.07, 6.45) is 7.59. The number of benzene rings is 1. The number of pyridine rings is 1. The van der Waals surface area contributed by atoms with E-state index in [2.05, 4.69) is 27.0 Å². The zero-order valence-corrected chi connectivity index (χ0v) is 18.5. The third-order valence-electron chi connectivity index (χ3n) is 4.82. The molecule has 0 aliphatic carbocycles. The van der Waals surface area contributed by atoms with E-state index in [1.807, 2.05) is 37.3 Å². The third-order valence-corrected chi connectivity index (χ3v) is 4.82. The zero-order chi connectivity index (χ0) is 24.5. The van der Waals surface area contributed by atoms with E-state index in [1.165, 1.54) is 0 Å². The van der Waals surface area contributed by atoms with Gasteiger partial charge < -0.3 is 27.1 Å². The molecule has 0 unspecified atom stereocenters. The molecule has 0 bridgehead atoms. The summed E-state index contributed by atoms with van der Waals surface area (Å²) in [6, 6.07) is 14.8. The van der Waals surface area contributed by atoms with Crippen LogP contribution < -0.4 is 21.7 Å². The lowest BCUT2D eigenvalue weighted by atomic mass is 10.0. The largest absolute Gasteiger partial charge is 0.366 e. The number of dihydropyridines is 1. The van der Waals surface area contributed by atoms with Gasteiger partial charge in [-0.05, 0) is 48.9 Å². The molecule has 0 saturated carbocycles. The van der Waals surface area contributed by atoms with Crippen LogP contribution in [0.4, 0.5) is 5.82 Å². The van der Waals surface area contributed by atoms with Crippen molar-refractivity contribution >= 4 is 23.8 Å². The first-order valence-electron chi connectivity index (χ1n) is 10.3. The number of carbonyl (C=O) groups is 1. The molecule has 34 heavy (non-hydrogen) atoms. The number of carbonyl (C=O) groups excluding carboxylic acids is 1. The van der Waals surface area contributed by atoms with Crippen molar-refractivity contribution < 1.29 is 4.79 Å². The lowest BCUT2D eigenvalue weighted by Crippen LogP contribution is -2.23. The van der Waals surface area contributed by atoms with Crippen LogP contribution in [0.1, 0.15) is 16.8 Å². The van der Waals surface area contributed by atoms with Crippen molar-refractivity contribution in [2.24, 2.45) is 5.73 Å². The Morgan fingerprint density at radius 3 is 2.68 bits per heavy atom. The number of nitrogens with one attached hydrogen (secondary N) is 5. The maximum absolute atomic E-state index is 11.7. The van der Waals surface area contributed by atoms with Gasteiger partial charge in [0.15, 0.2) is 0 Å². The molecule has 2 heterocycles. The van der Waals surface area contributed by atoms with Crippen LogP contribution >= 0.6 is 0 Å². The number of allylic oxidation sites excluding steroid dienone is 2. The molecule has 9 nitrogen and oxygen atoms in total. The molecule has 1 aromatic carbocycles. The summed E-state index contributed by atoms with van der Waals surface area (Å²) in [5.41, 5.74) is 9.34. The highest BCUT2D eigenvalue weighted by atomic mass is 16.1. The van der Waals surface area contributed by atoms with E-state index < -0.39 is 5.91 Å². The summed E-state index contributed by atoms with van der Waals surface area (Å²) in [6.45, 7) is 2.28. The number of amidine groups is 1. The van der Waals surface area contributed by atoms with Gasteiger partial charge in [-0.1, -0.05) is 18.2 Å². The van der Waals surface area contributed by atoms with Crippen molar-refractivity contribution in [3.63, 3.8) is 0 Å². The Bertz CT molecular complexity index is 1280. The van der Waals surface area contributed by atoms with Gasteiger partial charge in [0, 0.05) is 36.3 Å². The van der Waals surface area contributed by atoms with Gasteiger partial charge in [-0.2, -0.15) is 5.26 Å². The summed E-state index contributed by atoms with van der Waals surface area (Å²) in [7, 11) is 0. The molecule has 1 aliphatic heterocycles. The predicted molar refractivity (Wildman–Crippen MR) is 132 cm³/mol. The molecule has 3 rings (SSSR count). The second kappa shape index (κ2) is 11.1. The summed E-state index contributed by atoms with van der Waals surface area (Å²) >= 11 is 0. The average Bonchev–Trinajstić information content (AvgIpc) is 2.83. The number of anilines is 1. The van der Waals surface area contributed by atoms with E-state index in [1.54, 1.807) is 36.6 Å². The van der Waals surface area contributed by atoms with Gasteiger partial charge in [-0.25, -0.2) is 4.98 Å². The maximum atomic E-state index is 11.7. The maximum Gasteiger partial charge on any atom is 0.252 e. The Kier molecular flexibility index (Phi) is 7.71. The van der Waals surface area contributed by atoms with Crippen LogP contribution in [0.3, 0.4) is 0 Å². The minimum absolute atomic E-state index is 0.0314. The molecule has 0 fully saturated rings. The van der Waals surface area contributed by atoms with E-state index in [4.69, 9.17) is 21.8 Å². The molecule has 170 valence electrons. The van der Waals surface area contributed by atoms with E-state index >= 15 is 0 Å². The zero-order valence-electron chi connectivity index (χ0n) is 18.5. The fourth-order valence-corrected chi connectivity index (χ4v) is 3.10. The van der Waals surface area contributed by atoms with Crippen molar-refractivity contribution in [2.45, 2.75) is 13.5 Å². The second-order valence-corrected chi connectivity index (χ2v) is 7.34. The smallest absolute Gasteiger partial charge is 0.252 e. The van der Waals surface area contributed by atoms with Gasteiger partial charge in [0.1, 0.15) is 11.7 Å². The first kappa shape index (κ1) is 23.7. The molecular formula is C25H24N8O. The lowest BCUT2D eigenvalue weighted by Gasteiger charge is -2.18. The van der Waals surface area contributed by atoms with Crippen molar-refractivity contribution in [1.29, 1.82) is 16.1 Å². The quantitative estimate of drug-likeness (QED) is 0.205. The second-order valence-electron chi connectivity index (χ2n) is 7.34. The molecule has 0 radical (unpaired) electrons. The molecular weight excluding hydrogens is 428 g/mol. The number of aryl methyl sites for hydroxylation is 1. The highest BCUT2D eigenvalue weighted by Gasteiger charge is 2.14. The fraction of sp³-hybridized carbons (Fsp3) is 0.0800. The molecule has 7 N–H and O–H groups in total. The van der Waals surface area contributed by atoms with E-state index in [-0.39, 0.29) is 11.4 Å². The molecule has 0 atom stereocenters. The van der Waals surface area contributed by atoms with Crippen LogP contribution in [0.25, 0.3) is 0 Å². The number of nitrogens with two attached hydrogens (primary N) is 1. The standard InChI is InChI=1S/C25H24N8O/c1-16-3-2-4-24(32-16)33-21(19-9-10-30-22(11-19)20(14-27)25(29)34)12-23(28)31-15-18-7-5-17(13-26)6-8-18/h2-12,14,27,30H,15H2,1H3,(H2,28,31)(H2,29,34)(H,32,33)/b21-12-,22-20+,27-14?. The van der Waals surface area contributed by atoms with Crippen LogP contribution in [-0.2, 0) is 11.3 Å². The van der Waals surface area contributed by atoms with Crippen LogP contribution in [0, 0.1) is 29.1 Å². The normalized spacial score (nSPS) is 14.2. The van der Waals surface area contributed by atoms with E-state index in [0.717, 1.165) is 17.5 Å². The van der Waals surface area contributed by atoms with Gasteiger partial charge in [0.05, 0.1) is 28.6 Å². The Hall–Kier alpha value is -4.97. The molecule has 0 saturated heterocycles. The first-order chi connectivity index (χ1) is 16.4. The number of rotatable bonds is 8. The summed E-state index contributed by atoms with van der Waals surface area (Å²) in [4.78, 5) is 16.2. The van der Waals surface area contributed by atoms with Gasteiger partial charge in [-0.3, -0.25) is 10.2 Å². The molecule has 1 aliphatic rings. The SMILES string of the molecule is Cc1cccc(N/C(=C\C(=N)NCc2ccc(C#N)cc2)C2=C/C(=C(/C=N)C(N)=O)NC=C2)n1. The Balaban J connectivity index is 1.90. The van der Waals surface area contributed by atoms with Crippen molar-refractivity contribution in [2.75, 3.05) is 5.32 Å². The minimum Gasteiger partial charge on any atom is -0.366 e. The number of amides is 1. The number of aromatic nitrogens is 1. The van der Waals surface area contributed by atoms with E-state index in [9.17, 15) is 4.79 Å². The van der Waals surface area contributed by atoms with Gasteiger partial charge in [-0.15, -0.1) is 0 Å². The minimum atomic E-state index is -0.723. The highest BCUT2D eigenvalue weighted by molar-refractivity contribution is 6.11. The number of nitrogens with zero attached hydrogens (tertiary/aromatic N) is 2. The summed E-state index contributed by atoms with van der Waals surface area (Å²) in [5, 5.41) is 34.1. The number of hydrogen-bond donors (Lipinski definition) is 6. The predicted octanol–water partition coefficient (Wildman–Crippen LogP) is 2.76. The van der Waals surface area contributed by atoms with Crippen LogP contribution in [-0.4, -0.2) is 22.9 Å². The Morgan fingerprint density at radius 1 is 1.26 bits per heavy atom. The number of nitriles is 1. The molecule has 1 aromatic heterocycles. The molecule has 0 spiro atoms. The van der Waals surface area contributed by atoms with Crippen molar-refractivity contribution in [3.05, 3.63) is 106 Å². The lowest BCUT2D eigenvalue weighted by molar-refractivity contribution is -0.114. The van der Waals surface area contributed by atoms with Crippen molar-refractivity contribution in [1.82, 2.24) is 15.6 Å². The van der Waals surface area contributed by atoms with Gasteiger partial charge in [0.2, 0.25) is 0 Å². The van der Waals surface area contributed by atoms with Crippen LogP contribution in [0.5, 0.6) is 0 Å². The van der Waals surface area contributed by atoms with Gasteiger partial charge >= 0.3 is 0 Å². The Labute approximate surface area is 197 Å². The van der Waals surface area contributed by atoms with Crippen LogP contribution in [0.2, 0.25) is 0 Å². The van der Waals surface area contributed by atoms with Crippen LogP contribution in [0.15, 0.2) is 89.4 Å². The average molecular weight is 453 g/mol. The first-order valence-corrected chi connectivity index (χ1v) is 10.3. The van der Waals surface area contributed by atoms with Gasteiger partial charge in [0.25, 0.3) is 5.91 Å². The van der Waals surface area contributed by atoms with E-state index in [0.29, 0.717) is 34.9 Å². The summed E-state index contributed by atoms with van der Waals surface area (Å²) < 4.78 is 0. The monoisotopic (exact) mass is 452 g/mol.